The van der Waals surface area contributed by atoms with Gasteiger partial charge in [0.1, 0.15) is 5.75 Å². The summed E-state index contributed by atoms with van der Waals surface area (Å²) in [5, 5.41) is 10.2. The minimum atomic E-state index is -0.392. The van der Waals surface area contributed by atoms with Crippen LogP contribution in [0.4, 0.5) is 5.69 Å². The first kappa shape index (κ1) is 20.4. The molecule has 0 saturated heterocycles. The zero-order valence-corrected chi connectivity index (χ0v) is 16.8. The van der Waals surface area contributed by atoms with Crippen molar-refractivity contribution >= 4 is 29.3 Å². The summed E-state index contributed by atoms with van der Waals surface area (Å²) >= 11 is 1.21. The quantitative estimate of drug-likeness (QED) is 0.431. The maximum absolute atomic E-state index is 12.2. The van der Waals surface area contributed by atoms with Crippen LogP contribution in [0.2, 0.25) is 0 Å². The summed E-state index contributed by atoms with van der Waals surface area (Å²) < 4.78 is 10.3. The number of hydrogen-bond acceptors (Lipinski definition) is 7. The molecule has 1 aromatic heterocycles. The van der Waals surface area contributed by atoms with E-state index >= 15 is 0 Å². The summed E-state index contributed by atoms with van der Waals surface area (Å²) in [6.45, 7) is 2.06. The molecule has 0 bridgehead atoms. The van der Waals surface area contributed by atoms with Crippen LogP contribution in [0.5, 0.6) is 5.75 Å². The topological polar surface area (TPSA) is 106 Å². The van der Waals surface area contributed by atoms with Crippen LogP contribution in [0.1, 0.15) is 17.3 Å². The van der Waals surface area contributed by atoms with Crippen LogP contribution in [0.3, 0.4) is 0 Å². The number of nitrogens with one attached hydrogen (secondary N) is 2. The fourth-order valence-electron chi connectivity index (χ4n) is 2.50. The van der Waals surface area contributed by atoms with Gasteiger partial charge in [0, 0.05) is 5.69 Å². The molecule has 0 aliphatic heterocycles. The van der Waals surface area contributed by atoms with Crippen molar-refractivity contribution in [1.82, 2.24) is 15.2 Å². The molecule has 0 aliphatic carbocycles. The lowest BCUT2D eigenvalue weighted by Crippen LogP contribution is -2.14. The number of benzene rings is 2. The number of rotatable bonds is 8. The highest BCUT2D eigenvalue weighted by Gasteiger charge is 2.12. The van der Waals surface area contributed by atoms with E-state index in [4.69, 9.17) is 9.47 Å². The van der Waals surface area contributed by atoms with Gasteiger partial charge in [-0.05, 0) is 43.3 Å². The molecular formula is C20H20N4O4S. The molecule has 1 heterocycles. The molecule has 29 heavy (non-hydrogen) atoms. The van der Waals surface area contributed by atoms with Gasteiger partial charge in [0.2, 0.25) is 11.1 Å². The van der Waals surface area contributed by atoms with E-state index < -0.39 is 5.97 Å². The van der Waals surface area contributed by atoms with Gasteiger partial charge in [-0.1, -0.05) is 23.9 Å². The number of ether oxygens (including phenoxy) is 2. The standard InChI is InChI=1S/C20H20N4O4S/c1-3-28-19(26)13-8-10-14(11-9-13)21-17(25)12-29-20-22-18(23-24-20)15-6-4-5-7-16(15)27-2/h4-11H,3,12H2,1-2H3,(H,21,25)(H,22,23,24). The fraction of sp³-hybridized carbons (Fsp3) is 0.200. The molecule has 150 valence electrons. The highest BCUT2D eigenvalue weighted by Crippen LogP contribution is 2.27. The van der Waals surface area contributed by atoms with Crippen molar-refractivity contribution < 1.29 is 19.1 Å². The third kappa shape index (κ3) is 5.35. The molecule has 3 aromatic rings. The molecule has 0 unspecified atom stereocenters. The predicted octanol–water partition coefficient (Wildman–Crippen LogP) is 3.39. The lowest BCUT2D eigenvalue weighted by molar-refractivity contribution is -0.113. The molecule has 9 heteroatoms. The molecule has 2 N–H and O–H groups in total. The second-order valence-corrected chi connectivity index (χ2v) is 6.74. The third-order valence-electron chi connectivity index (χ3n) is 3.84. The average molecular weight is 412 g/mol. The molecule has 0 spiro atoms. The van der Waals surface area contributed by atoms with Crippen molar-refractivity contribution in [1.29, 1.82) is 0 Å². The molecule has 0 fully saturated rings. The van der Waals surface area contributed by atoms with E-state index in [0.717, 1.165) is 5.56 Å². The fourth-order valence-corrected chi connectivity index (χ4v) is 3.10. The van der Waals surface area contributed by atoms with Gasteiger partial charge in [-0.25, -0.2) is 9.78 Å². The lowest BCUT2D eigenvalue weighted by atomic mass is 10.2. The Bertz CT molecular complexity index is 988. The summed E-state index contributed by atoms with van der Waals surface area (Å²) in [4.78, 5) is 28.2. The van der Waals surface area contributed by atoms with E-state index in [1.165, 1.54) is 11.8 Å². The molecule has 0 radical (unpaired) electrons. The summed E-state index contributed by atoms with van der Waals surface area (Å²) in [6.07, 6.45) is 0. The van der Waals surface area contributed by atoms with Gasteiger partial charge in [0.25, 0.3) is 0 Å². The van der Waals surface area contributed by atoms with Crippen LogP contribution in [0.15, 0.2) is 53.7 Å². The number of aromatic amines is 1. The molecule has 3 rings (SSSR count). The number of aromatic nitrogens is 3. The SMILES string of the molecule is CCOC(=O)c1ccc(NC(=O)CSc2n[nH]c(-c3ccccc3OC)n2)cc1. The smallest absolute Gasteiger partial charge is 0.338 e. The molecule has 2 aromatic carbocycles. The van der Waals surface area contributed by atoms with Gasteiger partial charge >= 0.3 is 5.97 Å². The first-order chi connectivity index (χ1) is 14.1. The maximum Gasteiger partial charge on any atom is 0.338 e. The largest absolute Gasteiger partial charge is 0.496 e. The van der Waals surface area contributed by atoms with E-state index in [1.807, 2.05) is 24.3 Å². The number of anilines is 1. The van der Waals surface area contributed by atoms with Crippen molar-refractivity contribution in [3.8, 4) is 17.1 Å². The lowest BCUT2D eigenvalue weighted by Gasteiger charge is -2.06. The second-order valence-electron chi connectivity index (χ2n) is 5.80. The van der Waals surface area contributed by atoms with Crippen molar-refractivity contribution in [3.63, 3.8) is 0 Å². The van der Waals surface area contributed by atoms with Crippen molar-refractivity contribution in [2.24, 2.45) is 0 Å². The van der Waals surface area contributed by atoms with Crippen LogP contribution >= 0.6 is 11.8 Å². The Labute approximate surface area is 172 Å². The zero-order valence-electron chi connectivity index (χ0n) is 16.0. The summed E-state index contributed by atoms with van der Waals surface area (Å²) in [5.74, 6) is 0.797. The van der Waals surface area contributed by atoms with E-state index in [2.05, 4.69) is 20.5 Å². The average Bonchev–Trinajstić information content (AvgIpc) is 3.22. The third-order valence-corrected chi connectivity index (χ3v) is 4.69. The Morgan fingerprint density at radius 2 is 1.90 bits per heavy atom. The number of nitrogens with zero attached hydrogens (tertiary/aromatic N) is 2. The Morgan fingerprint density at radius 1 is 1.14 bits per heavy atom. The van der Waals surface area contributed by atoms with Gasteiger partial charge in [-0.3, -0.25) is 9.89 Å². The number of methoxy groups -OCH3 is 1. The number of carbonyl (C=O) groups is 2. The van der Waals surface area contributed by atoms with Crippen molar-refractivity contribution in [3.05, 3.63) is 54.1 Å². The van der Waals surface area contributed by atoms with Gasteiger partial charge in [-0.2, -0.15) is 0 Å². The highest BCUT2D eigenvalue weighted by molar-refractivity contribution is 7.99. The van der Waals surface area contributed by atoms with E-state index in [9.17, 15) is 9.59 Å². The normalized spacial score (nSPS) is 10.4. The Kier molecular flexibility index (Phi) is 6.85. The number of carbonyl (C=O) groups excluding carboxylic acids is 2. The predicted molar refractivity (Wildman–Crippen MR) is 110 cm³/mol. The summed E-state index contributed by atoms with van der Waals surface area (Å²) in [5.41, 5.74) is 1.82. The number of thioether (sulfide) groups is 1. The molecule has 0 aliphatic rings. The molecule has 0 saturated carbocycles. The second kappa shape index (κ2) is 9.74. The Hall–Kier alpha value is -3.33. The monoisotopic (exact) mass is 412 g/mol. The van der Waals surface area contributed by atoms with Crippen molar-refractivity contribution in [2.45, 2.75) is 12.1 Å². The van der Waals surface area contributed by atoms with Crippen LogP contribution in [0, 0.1) is 0 Å². The number of H-pyrrole nitrogens is 1. The number of para-hydroxylation sites is 1. The minimum Gasteiger partial charge on any atom is -0.496 e. The number of amides is 1. The van der Waals surface area contributed by atoms with Gasteiger partial charge in [0.05, 0.1) is 30.6 Å². The van der Waals surface area contributed by atoms with Crippen LogP contribution in [-0.4, -0.2) is 46.5 Å². The van der Waals surface area contributed by atoms with Gasteiger partial charge < -0.3 is 14.8 Å². The van der Waals surface area contributed by atoms with Crippen LogP contribution in [-0.2, 0) is 9.53 Å². The maximum atomic E-state index is 12.2. The number of esters is 1. The number of hydrogen-bond donors (Lipinski definition) is 2. The Morgan fingerprint density at radius 3 is 2.62 bits per heavy atom. The minimum absolute atomic E-state index is 0.142. The molecule has 0 atom stereocenters. The first-order valence-electron chi connectivity index (χ1n) is 8.86. The zero-order chi connectivity index (χ0) is 20.6. The van der Waals surface area contributed by atoms with Gasteiger partial charge in [0.15, 0.2) is 5.82 Å². The Balaban J connectivity index is 1.55. The van der Waals surface area contributed by atoms with Gasteiger partial charge in [-0.15, -0.1) is 5.10 Å². The van der Waals surface area contributed by atoms with E-state index in [-0.39, 0.29) is 11.7 Å². The summed E-state index contributed by atoms with van der Waals surface area (Å²) in [6, 6.07) is 14.0. The molecular weight excluding hydrogens is 392 g/mol. The molecule has 8 nitrogen and oxygen atoms in total. The van der Waals surface area contributed by atoms with Crippen LogP contribution in [0.25, 0.3) is 11.4 Å². The summed E-state index contributed by atoms with van der Waals surface area (Å²) in [7, 11) is 1.59. The van der Waals surface area contributed by atoms with Crippen LogP contribution < -0.4 is 10.1 Å². The van der Waals surface area contributed by atoms with E-state index in [1.54, 1.807) is 38.3 Å². The molecule has 1 amide bonds. The van der Waals surface area contributed by atoms with Crippen molar-refractivity contribution in [2.75, 3.05) is 24.8 Å². The first-order valence-corrected chi connectivity index (χ1v) is 9.85. The highest BCUT2D eigenvalue weighted by atomic mass is 32.2. The van der Waals surface area contributed by atoms with E-state index in [0.29, 0.717) is 34.6 Å².